The standard InChI is InChI=1S/C16H19NO6.C11H11NO4/c1-16(2,3)23-15(20)17-8-10(14(18)19)9-6-12(21-4)13(22-5)7-11(9)17;1-15-9-3-6-7(11(13)14)5-12-8(6)4-10(9)16-2/h6-8H,1-5H3,(H,18,19);3-5,12H,1-2H3,(H,13,14). The molecule has 0 radical (unpaired) electrons. The van der Waals surface area contributed by atoms with Crippen molar-refractivity contribution in [3.63, 3.8) is 0 Å². The first kappa shape index (κ1) is 28.7. The van der Waals surface area contributed by atoms with Crippen molar-refractivity contribution in [1.29, 1.82) is 0 Å². The van der Waals surface area contributed by atoms with Crippen molar-refractivity contribution >= 4 is 39.8 Å². The van der Waals surface area contributed by atoms with Crippen LogP contribution in [-0.2, 0) is 4.74 Å². The Morgan fingerprint density at radius 3 is 1.72 bits per heavy atom. The summed E-state index contributed by atoms with van der Waals surface area (Å²) in [4.78, 5) is 37.6. The van der Waals surface area contributed by atoms with E-state index in [0.29, 0.717) is 44.8 Å². The van der Waals surface area contributed by atoms with Gasteiger partial charge in [0.25, 0.3) is 0 Å². The number of fused-ring (bicyclic) bond motifs is 2. The average Bonchev–Trinajstić information content (AvgIpc) is 3.47. The first-order valence-corrected chi connectivity index (χ1v) is 11.5. The first-order valence-electron chi connectivity index (χ1n) is 11.5. The number of aromatic amines is 1. The Balaban J connectivity index is 0.000000230. The van der Waals surface area contributed by atoms with Crippen LogP contribution in [0.2, 0.25) is 0 Å². The Morgan fingerprint density at radius 1 is 0.744 bits per heavy atom. The normalized spacial score (nSPS) is 10.9. The monoisotopic (exact) mass is 542 g/mol. The summed E-state index contributed by atoms with van der Waals surface area (Å²) < 4.78 is 27.1. The highest BCUT2D eigenvalue weighted by molar-refractivity contribution is 6.07. The summed E-state index contributed by atoms with van der Waals surface area (Å²) in [5, 5.41) is 19.3. The molecule has 0 bridgehead atoms. The van der Waals surface area contributed by atoms with Crippen LogP contribution < -0.4 is 18.9 Å². The van der Waals surface area contributed by atoms with Crippen molar-refractivity contribution in [2.75, 3.05) is 28.4 Å². The number of carboxylic acid groups (broad SMARTS) is 2. The molecule has 2 heterocycles. The molecule has 0 aliphatic heterocycles. The highest BCUT2D eigenvalue weighted by atomic mass is 16.6. The summed E-state index contributed by atoms with van der Waals surface area (Å²) in [6.45, 7) is 5.20. The molecule has 0 amide bonds. The molecule has 12 nitrogen and oxygen atoms in total. The van der Waals surface area contributed by atoms with E-state index in [2.05, 4.69) is 4.98 Å². The van der Waals surface area contributed by atoms with Crippen molar-refractivity contribution in [2.24, 2.45) is 0 Å². The number of hydrogen-bond acceptors (Lipinski definition) is 8. The molecule has 0 saturated carbocycles. The molecule has 39 heavy (non-hydrogen) atoms. The zero-order valence-corrected chi connectivity index (χ0v) is 22.6. The number of carbonyl (C=O) groups is 3. The van der Waals surface area contributed by atoms with E-state index < -0.39 is 23.6 Å². The fraction of sp³-hybridized carbons (Fsp3) is 0.296. The fourth-order valence-electron chi connectivity index (χ4n) is 3.81. The quantitative estimate of drug-likeness (QED) is 0.302. The van der Waals surface area contributed by atoms with Crippen LogP contribution in [0.1, 0.15) is 41.5 Å². The van der Waals surface area contributed by atoms with Crippen molar-refractivity contribution in [3.05, 3.63) is 47.8 Å². The number of carbonyl (C=O) groups excluding carboxylic acids is 1. The SMILES string of the molecule is COc1cc2[nH]cc(C(=O)O)c2cc1OC.COc1cc2c(C(=O)O)cn(C(=O)OC(C)(C)C)c2cc1OC. The van der Waals surface area contributed by atoms with E-state index in [4.69, 9.17) is 28.8 Å². The second kappa shape index (κ2) is 11.3. The number of rotatable bonds is 6. The summed E-state index contributed by atoms with van der Waals surface area (Å²) in [7, 11) is 5.96. The number of benzene rings is 2. The molecular weight excluding hydrogens is 512 g/mol. The topological polar surface area (TPSA) is 159 Å². The lowest BCUT2D eigenvalue weighted by Gasteiger charge is -2.19. The lowest BCUT2D eigenvalue weighted by Crippen LogP contribution is -2.26. The van der Waals surface area contributed by atoms with Gasteiger partial charge in [0, 0.05) is 35.3 Å². The Morgan fingerprint density at radius 2 is 1.23 bits per heavy atom. The Kier molecular flexibility index (Phi) is 8.28. The van der Waals surface area contributed by atoms with Crippen LogP contribution in [-0.4, -0.2) is 71.8 Å². The molecule has 0 aliphatic rings. The minimum Gasteiger partial charge on any atom is -0.493 e. The van der Waals surface area contributed by atoms with Crippen molar-refractivity contribution in [3.8, 4) is 23.0 Å². The van der Waals surface area contributed by atoms with Gasteiger partial charge < -0.3 is 38.9 Å². The third-order valence-electron chi connectivity index (χ3n) is 5.55. The number of nitrogens with one attached hydrogen (secondary N) is 1. The highest BCUT2D eigenvalue weighted by Gasteiger charge is 2.24. The molecule has 0 spiro atoms. The van der Waals surface area contributed by atoms with Crippen LogP contribution in [0.5, 0.6) is 23.0 Å². The van der Waals surface area contributed by atoms with E-state index in [9.17, 15) is 19.5 Å². The molecule has 3 N–H and O–H groups in total. The van der Waals surface area contributed by atoms with Crippen LogP contribution in [0, 0.1) is 0 Å². The smallest absolute Gasteiger partial charge is 0.419 e. The van der Waals surface area contributed by atoms with Gasteiger partial charge >= 0.3 is 18.0 Å². The molecule has 208 valence electrons. The number of methoxy groups -OCH3 is 4. The van der Waals surface area contributed by atoms with Crippen LogP contribution in [0.3, 0.4) is 0 Å². The van der Waals surface area contributed by atoms with Gasteiger partial charge in [-0.2, -0.15) is 0 Å². The average molecular weight is 543 g/mol. The van der Waals surface area contributed by atoms with Crippen LogP contribution >= 0.6 is 0 Å². The van der Waals surface area contributed by atoms with Crippen LogP contribution in [0.15, 0.2) is 36.7 Å². The van der Waals surface area contributed by atoms with Gasteiger partial charge in [-0.3, -0.25) is 4.57 Å². The van der Waals surface area contributed by atoms with Gasteiger partial charge in [-0.1, -0.05) is 0 Å². The van der Waals surface area contributed by atoms with E-state index in [1.165, 1.54) is 46.9 Å². The van der Waals surface area contributed by atoms with Crippen LogP contribution in [0.4, 0.5) is 4.79 Å². The van der Waals surface area contributed by atoms with E-state index in [1.54, 1.807) is 39.0 Å². The predicted molar refractivity (Wildman–Crippen MR) is 142 cm³/mol. The largest absolute Gasteiger partial charge is 0.493 e. The van der Waals surface area contributed by atoms with E-state index in [-0.39, 0.29) is 11.1 Å². The van der Waals surface area contributed by atoms with Crippen LogP contribution in [0.25, 0.3) is 21.8 Å². The third-order valence-corrected chi connectivity index (χ3v) is 5.55. The number of aromatic carboxylic acids is 2. The minimum absolute atomic E-state index is 0.0215. The molecule has 0 saturated heterocycles. The van der Waals surface area contributed by atoms with E-state index >= 15 is 0 Å². The maximum absolute atomic E-state index is 12.3. The maximum atomic E-state index is 12.3. The minimum atomic E-state index is -1.15. The molecule has 4 rings (SSSR count). The van der Waals surface area contributed by atoms with E-state index in [0.717, 1.165) is 4.57 Å². The number of hydrogen-bond donors (Lipinski definition) is 3. The van der Waals surface area contributed by atoms with Crippen molar-refractivity contribution in [2.45, 2.75) is 26.4 Å². The fourth-order valence-corrected chi connectivity index (χ4v) is 3.81. The molecule has 0 aliphatic carbocycles. The number of carboxylic acids is 2. The molecule has 12 heteroatoms. The van der Waals surface area contributed by atoms with Crippen molar-refractivity contribution < 1.29 is 48.3 Å². The van der Waals surface area contributed by atoms with Gasteiger partial charge in [0.1, 0.15) is 5.60 Å². The van der Waals surface area contributed by atoms with Gasteiger partial charge in [-0.25, -0.2) is 14.4 Å². The summed E-state index contributed by atoms with van der Waals surface area (Å²) in [5.74, 6) is -0.279. The lowest BCUT2D eigenvalue weighted by atomic mass is 10.1. The predicted octanol–water partition coefficient (Wildman–Crippen LogP) is 5.02. The van der Waals surface area contributed by atoms with Gasteiger partial charge in [0.2, 0.25) is 0 Å². The van der Waals surface area contributed by atoms with Gasteiger partial charge in [0.05, 0.1) is 50.6 Å². The second-order valence-electron chi connectivity index (χ2n) is 9.18. The summed E-state index contributed by atoms with van der Waals surface area (Å²) in [6.07, 6.45) is 2.02. The second-order valence-corrected chi connectivity index (χ2v) is 9.18. The maximum Gasteiger partial charge on any atom is 0.419 e. The van der Waals surface area contributed by atoms with E-state index in [1.807, 2.05) is 0 Å². The molecule has 0 fully saturated rings. The molecule has 4 aromatic rings. The van der Waals surface area contributed by atoms with Gasteiger partial charge in [-0.15, -0.1) is 0 Å². The molecule has 0 atom stereocenters. The lowest BCUT2D eigenvalue weighted by molar-refractivity contribution is 0.0543. The summed E-state index contributed by atoms with van der Waals surface area (Å²) >= 11 is 0. The van der Waals surface area contributed by atoms with Gasteiger partial charge in [0.15, 0.2) is 23.0 Å². The summed E-state index contributed by atoms with van der Waals surface area (Å²) in [6, 6.07) is 6.43. The third kappa shape index (κ3) is 6.00. The van der Waals surface area contributed by atoms with Gasteiger partial charge in [-0.05, 0) is 32.9 Å². The summed E-state index contributed by atoms with van der Waals surface area (Å²) in [5.41, 5.74) is 0.570. The number of ether oxygens (including phenoxy) is 5. The Hall–Kier alpha value is -4.87. The number of aromatic nitrogens is 2. The highest BCUT2D eigenvalue weighted by Crippen LogP contribution is 2.35. The molecule has 0 unspecified atom stereocenters. The zero-order chi connectivity index (χ0) is 29.1. The molecular formula is C27H30N2O10. The first-order chi connectivity index (χ1) is 18.3. The molecule has 2 aromatic heterocycles. The number of nitrogens with zero attached hydrogens (tertiary/aromatic N) is 1. The number of H-pyrrole nitrogens is 1. The van der Waals surface area contributed by atoms with Crippen molar-refractivity contribution in [1.82, 2.24) is 9.55 Å². The zero-order valence-electron chi connectivity index (χ0n) is 22.6. The molecule has 2 aromatic carbocycles. The Bertz CT molecular complexity index is 1540. The Labute approximate surface area is 223 Å².